The summed E-state index contributed by atoms with van der Waals surface area (Å²) in [6.07, 6.45) is 0.0119. The van der Waals surface area contributed by atoms with Crippen LogP contribution in [0, 0.1) is 10.1 Å². The molecule has 0 spiro atoms. The molecule has 1 aromatic carbocycles. The van der Waals surface area contributed by atoms with E-state index in [0.29, 0.717) is 18.9 Å². The monoisotopic (exact) mass is 356 g/mol. The van der Waals surface area contributed by atoms with Crippen molar-refractivity contribution in [2.45, 2.75) is 13.3 Å². The van der Waals surface area contributed by atoms with Crippen LogP contribution in [0.2, 0.25) is 5.02 Å². The number of halogens is 1. The SMILES string of the molecule is COCCNC(=O)C/C(C)=N\NC(=O)c1ccc([N+](=O)[O-])cc1Cl. The van der Waals surface area contributed by atoms with Crippen molar-refractivity contribution >= 4 is 34.8 Å². The van der Waals surface area contributed by atoms with Crippen molar-refractivity contribution in [1.29, 1.82) is 0 Å². The van der Waals surface area contributed by atoms with Crippen LogP contribution in [-0.2, 0) is 9.53 Å². The van der Waals surface area contributed by atoms with E-state index >= 15 is 0 Å². The van der Waals surface area contributed by atoms with Crippen molar-refractivity contribution in [3.05, 3.63) is 38.9 Å². The number of nitro benzene ring substituents is 1. The molecular formula is C14H17ClN4O5. The second-order valence-corrected chi connectivity index (χ2v) is 5.14. The van der Waals surface area contributed by atoms with Gasteiger partial charge in [-0.1, -0.05) is 11.6 Å². The van der Waals surface area contributed by atoms with Crippen LogP contribution >= 0.6 is 11.6 Å². The topological polar surface area (TPSA) is 123 Å². The number of nitrogens with zero attached hydrogens (tertiary/aromatic N) is 2. The molecule has 0 heterocycles. The van der Waals surface area contributed by atoms with Gasteiger partial charge in [0.25, 0.3) is 11.6 Å². The van der Waals surface area contributed by atoms with E-state index in [1.54, 1.807) is 6.92 Å². The summed E-state index contributed by atoms with van der Waals surface area (Å²) in [5, 5.41) is 17.0. The molecule has 0 bridgehead atoms. The van der Waals surface area contributed by atoms with Gasteiger partial charge in [-0.3, -0.25) is 19.7 Å². The van der Waals surface area contributed by atoms with E-state index in [-0.39, 0.29) is 28.6 Å². The van der Waals surface area contributed by atoms with Gasteiger partial charge in [0.15, 0.2) is 0 Å². The van der Waals surface area contributed by atoms with Gasteiger partial charge in [0.05, 0.1) is 28.5 Å². The van der Waals surface area contributed by atoms with E-state index < -0.39 is 10.8 Å². The average molecular weight is 357 g/mol. The zero-order chi connectivity index (χ0) is 18.1. The number of amides is 2. The first-order valence-corrected chi connectivity index (χ1v) is 7.26. The number of hydrogen-bond acceptors (Lipinski definition) is 6. The second-order valence-electron chi connectivity index (χ2n) is 4.73. The van der Waals surface area contributed by atoms with Crippen LogP contribution in [0.1, 0.15) is 23.7 Å². The number of benzene rings is 1. The minimum Gasteiger partial charge on any atom is -0.383 e. The molecule has 24 heavy (non-hydrogen) atoms. The molecule has 10 heteroatoms. The van der Waals surface area contributed by atoms with E-state index in [9.17, 15) is 19.7 Å². The van der Waals surface area contributed by atoms with Crippen molar-refractivity contribution in [2.75, 3.05) is 20.3 Å². The van der Waals surface area contributed by atoms with E-state index in [0.717, 1.165) is 6.07 Å². The molecule has 130 valence electrons. The Labute approximate surface area is 143 Å². The Balaban J connectivity index is 2.61. The summed E-state index contributed by atoms with van der Waals surface area (Å²) in [7, 11) is 1.53. The fraction of sp³-hybridized carbons (Fsp3) is 0.357. The predicted molar refractivity (Wildman–Crippen MR) is 88.2 cm³/mol. The summed E-state index contributed by atoms with van der Waals surface area (Å²) in [6, 6.07) is 3.48. The second kappa shape index (κ2) is 9.58. The van der Waals surface area contributed by atoms with Gasteiger partial charge < -0.3 is 10.1 Å². The van der Waals surface area contributed by atoms with E-state index in [1.165, 1.54) is 19.2 Å². The number of hydrazone groups is 1. The lowest BCUT2D eigenvalue weighted by atomic mass is 10.2. The molecule has 0 aliphatic heterocycles. The van der Waals surface area contributed by atoms with Crippen LogP contribution in [0.25, 0.3) is 0 Å². The molecule has 0 fully saturated rings. The lowest BCUT2D eigenvalue weighted by molar-refractivity contribution is -0.384. The number of nitro groups is 1. The first-order valence-electron chi connectivity index (χ1n) is 6.88. The minimum absolute atomic E-state index is 0.0119. The molecule has 0 aliphatic rings. The Hall–Kier alpha value is -2.52. The van der Waals surface area contributed by atoms with E-state index in [2.05, 4.69) is 15.8 Å². The fourth-order valence-corrected chi connectivity index (χ4v) is 1.90. The number of nitrogens with one attached hydrogen (secondary N) is 2. The molecule has 0 aromatic heterocycles. The molecule has 1 aromatic rings. The van der Waals surface area contributed by atoms with Crippen molar-refractivity contribution in [3.63, 3.8) is 0 Å². The van der Waals surface area contributed by atoms with Gasteiger partial charge >= 0.3 is 0 Å². The van der Waals surface area contributed by atoms with Crippen molar-refractivity contribution in [1.82, 2.24) is 10.7 Å². The number of ether oxygens (including phenoxy) is 1. The largest absolute Gasteiger partial charge is 0.383 e. The van der Waals surface area contributed by atoms with Crippen LogP contribution in [0.15, 0.2) is 23.3 Å². The third-order valence-corrected chi connectivity index (χ3v) is 3.11. The lowest BCUT2D eigenvalue weighted by Gasteiger charge is -2.05. The Kier molecular flexibility index (Phi) is 7.80. The molecule has 0 saturated carbocycles. The van der Waals surface area contributed by atoms with Crippen LogP contribution in [0.4, 0.5) is 5.69 Å². The van der Waals surface area contributed by atoms with Gasteiger partial charge in [0, 0.05) is 31.5 Å². The van der Waals surface area contributed by atoms with E-state index in [1.807, 2.05) is 0 Å². The molecular weight excluding hydrogens is 340 g/mol. The molecule has 0 radical (unpaired) electrons. The number of rotatable bonds is 8. The molecule has 0 unspecified atom stereocenters. The molecule has 0 aliphatic carbocycles. The molecule has 0 saturated heterocycles. The number of carbonyl (C=O) groups excluding carboxylic acids is 2. The van der Waals surface area contributed by atoms with Gasteiger partial charge in [-0.15, -0.1) is 0 Å². The zero-order valence-corrected chi connectivity index (χ0v) is 13.9. The molecule has 1 rings (SSSR count). The normalized spacial score (nSPS) is 11.0. The van der Waals surface area contributed by atoms with Crippen LogP contribution in [0.5, 0.6) is 0 Å². The van der Waals surface area contributed by atoms with Gasteiger partial charge in [-0.25, -0.2) is 5.43 Å². The quantitative estimate of drug-likeness (QED) is 0.316. The Bertz CT molecular complexity index is 663. The summed E-state index contributed by atoms with van der Waals surface area (Å²) < 4.78 is 4.80. The number of non-ortho nitro benzene ring substituents is 1. The third-order valence-electron chi connectivity index (χ3n) is 2.80. The maximum absolute atomic E-state index is 12.0. The van der Waals surface area contributed by atoms with Crippen molar-refractivity contribution < 1.29 is 19.2 Å². The molecule has 2 amide bonds. The van der Waals surface area contributed by atoms with E-state index in [4.69, 9.17) is 16.3 Å². The zero-order valence-electron chi connectivity index (χ0n) is 13.2. The van der Waals surface area contributed by atoms with Crippen LogP contribution in [0.3, 0.4) is 0 Å². The summed E-state index contributed by atoms with van der Waals surface area (Å²) in [4.78, 5) is 33.5. The first-order chi connectivity index (χ1) is 11.3. The smallest absolute Gasteiger partial charge is 0.272 e. The fourth-order valence-electron chi connectivity index (χ4n) is 1.64. The van der Waals surface area contributed by atoms with Gasteiger partial charge in [0.2, 0.25) is 5.91 Å². The Morgan fingerprint density at radius 3 is 2.71 bits per heavy atom. The first kappa shape index (κ1) is 19.5. The Morgan fingerprint density at radius 2 is 2.12 bits per heavy atom. The highest BCUT2D eigenvalue weighted by atomic mass is 35.5. The molecule has 2 N–H and O–H groups in total. The van der Waals surface area contributed by atoms with Gasteiger partial charge in [-0.05, 0) is 13.0 Å². The van der Waals surface area contributed by atoms with Gasteiger partial charge in [0.1, 0.15) is 0 Å². The summed E-state index contributed by atoms with van der Waals surface area (Å²) >= 11 is 5.85. The van der Waals surface area contributed by atoms with Crippen molar-refractivity contribution in [3.8, 4) is 0 Å². The minimum atomic E-state index is -0.631. The summed E-state index contributed by atoms with van der Waals surface area (Å²) in [5.74, 6) is -0.884. The lowest BCUT2D eigenvalue weighted by Crippen LogP contribution is -2.29. The van der Waals surface area contributed by atoms with Crippen LogP contribution < -0.4 is 10.7 Å². The van der Waals surface area contributed by atoms with Gasteiger partial charge in [-0.2, -0.15) is 5.10 Å². The highest BCUT2D eigenvalue weighted by molar-refractivity contribution is 6.34. The summed E-state index contributed by atoms with van der Waals surface area (Å²) in [5.41, 5.74) is 2.46. The summed E-state index contributed by atoms with van der Waals surface area (Å²) in [6.45, 7) is 2.36. The third kappa shape index (κ3) is 6.31. The standard InChI is InChI=1S/C14H17ClN4O5/c1-9(7-13(20)16-5-6-24-2)17-18-14(21)11-4-3-10(19(22)23)8-12(11)15/h3-4,8H,5-7H2,1-2H3,(H,16,20)(H,18,21)/b17-9-. The molecule has 9 nitrogen and oxygen atoms in total. The molecule has 0 atom stereocenters. The maximum Gasteiger partial charge on any atom is 0.272 e. The van der Waals surface area contributed by atoms with Crippen LogP contribution in [-0.4, -0.2) is 42.7 Å². The maximum atomic E-state index is 12.0. The predicted octanol–water partition coefficient (Wildman–Crippen LogP) is 1.51. The number of carbonyl (C=O) groups is 2. The number of methoxy groups -OCH3 is 1. The van der Waals surface area contributed by atoms with Crippen molar-refractivity contribution in [2.24, 2.45) is 5.10 Å². The highest BCUT2D eigenvalue weighted by Gasteiger charge is 2.14. The Morgan fingerprint density at radius 1 is 1.42 bits per heavy atom. The number of hydrogen-bond donors (Lipinski definition) is 2. The average Bonchev–Trinajstić information content (AvgIpc) is 2.52. The highest BCUT2D eigenvalue weighted by Crippen LogP contribution is 2.22.